The molecule has 1 saturated carbocycles. The first-order valence-corrected chi connectivity index (χ1v) is 7.51. The molecule has 6 heteroatoms. The molecule has 0 bridgehead atoms. The quantitative estimate of drug-likeness (QED) is 0.786. The smallest absolute Gasteiger partial charge is 0.322 e. The van der Waals surface area contributed by atoms with Gasteiger partial charge in [-0.3, -0.25) is 4.79 Å². The maximum atomic E-state index is 12.4. The van der Waals surface area contributed by atoms with E-state index in [-0.39, 0.29) is 24.5 Å². The highest BCUT2D eigenvalue weighted by molar-refractivity contribution is 5.90. The van der Waals surface area contributed by atoms with Gasteiger partial charge in [0.2, 0.25) is 0 Å². The fourth-order valence-corrected chi connectivity index (χ4v) is 2.15. The molecule has 0 saturated heterocycles. The van der Waals surface area contributed by atoms with Gasteiger partial charge >= 0.3 is 12.0 Å². The number of nitrogens with one attached hydrogen (secondary N) is 1. The predicted molar refractivity (Wildman–Crippen MR) is 83.0 cm³/mol. The van der Waals surface area contributed by atoms with Crippen LogP contribution in [0.4, 0.5) is 10.5 Å². The Kier molecular flexibility index (Phi) is 5.63. The molecule has 1 fully saturated rings. The van der Waals surface area contributed by atoms with Crippen molar-refractivity contribution in [1.29, 1.82) is 0 Å². The summed E-state index contributed by atoms with van der Waals surface area (Å²) < 4.78 is 9.99. The van der Waals surface area contributed by atoms with Crippen LogP contribution < -0.4 is 10.1 Å². The highest BCUT2D eigenvalue weighted by Crippen LogP contribution is 2.28. The van der Waals surface area contributed by atoms with Crippen LogP contribution in [0.2, 0.25) is 0 Å². The minimum Gasteiger partial charge on any atom is -0.497 e. The Bertz CT molecular complexity index is 511. The number of methoxy groups -OCH3 is 1. The number of nitrogens with zero attached hydrogens (tertiary/aromatic N) is 1. The molecular formula is C16H22N2O4. The van der Waals surface area contributed by atoms with Gasteiger partial charge in [-0.1, -0.05) is 0 Å². The molecule has 0 unspecified atom stereocenters. The van der Waals surface area contributed by atoms with E-state index in [2.05, 4.69) is 5.32 Å². The Labute approximate surface area is 130 Å². The van der Waals surface area contributed by atoms with Crippen molar-refractivity contribution in [2.45, 2.75) is 32.2 Å². The zero-order valence-electron chi connectivity index (χ0n) is 13.0. The van der Waals surface area contributed by atoms with Crippen LogP contribution in [0.5, 0.6) is 5.75 Å². The van der Waals surface area contributed by atoms with Crippen LogP contribution in [-0.4, -0.2) is 43.2 Å². The topological polar surface area (TPSA) is 67.9 Å². The molecule has 0 atom stereocenters. The number of hydrogen-bond donors (Lipinski definition) is 1. The van der Waals surface area contributed by atoms with Crippen molar-refractivity contribution in [3.63, 3.8) is 0 Å². The minimum absolute atomic E-state index is 0.183. The van der Waals surface area contributed by atoms with Gasteiger partial charge < -0.3 is 19.7 Å². The molecule has 1 aromatic carbocycles. The summed E-state index contributed by atoms with van der Waals surface area (Å²) in [5.41, 5.74) is 0.701. The number of carbonyl (C=O) groups is 2. The average molecular weight is 306 g/mol. The molecule has 6 nitrogen and oxygen atoms in total. The number of urea groups is 1. The summed E-state index contributed by atoms with van der Waals surface area (Å²) >= 11 is 0. The van der Waals surface area contributed by atoms with Crippen LogP contribution in [0, 0.1) is 0 Å². The molecule has 0 aliphatic heterocycles. The molecule has 22 heavy (non-hydrogen) atoms. The molecule has 1 N–H and O–H groups in total. The second-order valence-electron chi connectivity index (χ2n) is 5.14. The van der Waals surface area contributed by atoms with Crippen LogP contribution >= 0.6 is 0 Å². The maximum absolute atomic E-state index is 12.4. The molecule has 1 aliphatic carbocycles. The SMILES string of the molecule is CCOC(=O)CCN(C(=O)Nc1ccc(OC)cc1)C1CC1. The number of benzene rings is 1. The molecular weight excluding hydrogens is 284 g/mol. The first-order valence-electron chi connectivity index (χ1n) is 7.51. The Morgan fingerprint density at radius 1 is 1.27 bits per heavy atom. The fourth-order valence-electron chi connectivity index (χ4n) is 2.15. The molecule has 1 aliphatic rings. The summed E-state index contributed by atoms with van der Waals surface area (Å²) in [4.78, 5) is 25.5. The lowest BCUT2D eigenvalue weighted by Crippen LogP contribution is -2.38. The van der Waals surface area contributed by atoms with Gasteiger partial charge in [0.25, 0.3) is 0 Å². The number of rotatable bonds is 7. The van der Waals surface area contributed by atoms with E-state index in [9.17, 15) is 9.59 Å². The second kappa shape index (κ2) is 7.68. The molecule has 0 heterocycles. The molecule has 1 aromatic rings. The molecule has 2 rings (SSSR count). The van der Waals surface area contributed by atoms with Crippen molar-refractivity contribution in [2.24, 2.45) is 0 Å². The predicted octanol–water partition coefficient (Wildman–Crippen LogP) is 2.64. The highest BCUT2D eigenvalue weighted by Gasteiger charge is 2.32. The van der Waals surface area contributed by atoms with E-state index >= 15 is 0 Å². The third-order valence-electron chi connectivity index (χ3n) is 3.45. The van der Waals surface area contributed by atoms with Crippen LogP contribution in [0.3, 0.4) is 0 Å². The lowest BCUT2D eigenvalue weighted by molar-refractivity contribution is -0.143. The van der Waals surface area contributed by atoms with E-state index in [4.69, 9.17) is 9.47 Å². The molecule has 0 spiro atoms. The van der Waals surface area contributed by atoms with Gasteiger partial charge in [0.05, 0.1) is 20.1 Å². The zero-order valence-corrected chi connectivity index (χ0v) is 13.0. The van der Waals surface area contributed by atoms with Crippen LogP contribution in [0.1, 0.15) is 26.2 Å². The normalized spacial score (nSPS) is 13.4. The Morgan fingerprint density at radius 3 is 2.50 bits per heavy atom. The van der Waals surface area contributed by atoms with Crippen LogP contribution in [0.15, 0.2) is 24.3 Å². The minimum atomic E-state index is -0.273. The summed E-state index contributed by atoms with van der Waals surface area (Å²) in [7, 11) is 1.60. The lowest BCUT2D eigenvalue weighted by Gasteiger charge is -2.22. The maximum Gasteiger partial charge on any atom is 0.322 e. The van der Waals surface area contributed by atoms with Gasteiger partial charge in [-0.05, 0) is 44.0 Å². The van der Waals surface area contributed by atoms with E-state index in [1.54, 1.807) is 43.2 Å². The van der Waals surface area contributed by atoms with Crippen molar-refractivity contribution < 1.29 is 19.1 Å². The molecule has 0 radical (unpaired) electrons. The van der Waals surface area contributed by atoms with E-state index < -0.39 is 0 Å². The first-order chi connectivity index (χ1) is 10.6. The lowest BCUT2D eigenvalue weighted by atomic mass is 10.3. The van der Waals surface area contributed by atoms with Gasteiger partial charge in [0.1, 0.15) is 5.75 Å². The number of carbonyl (C=O) groups excluding carboxylic acids is 2. The summed E-state index contributed by atoms with van der Waals surface area (Å²) in [5.74, 6) is 0.463. The number of anilines is 1. The monoisotopic (exact) mass is 306 g/mol. The van der Waals surface area contributed by atoms with E-state index in [1.807, 2.05) is 0 Å². The number of hydrogen-bond acceptors (Lipinski definition) is 4. The van der Waals surface area contributed by atoms with Gasteiger partial charge in [0.15, 0.2) is 0 Å². The van der Waals surface area contributed by atoms with E-state index in [0.717, 1.165) is 18.6 Å². The number of ether oxygens (including phenoxy) is 2. The third-order valence-corrected chi connectivity index (χ3v) is 3.45. The van der Waals surface area contributed by atoms with Crippen molar-refractivity contribution in [2.75, 3.05) is 25.6 Å². The Morgan fingerprint density at radius 2 is 1.95 bits per heavy atom. The van der Waals surface area contributed by atoms with E-state index in [0.29, 0.717) is 18.8 Å². The van der Waals surface area contributed by atoms with Gasteiger partial charge in [-0.2, -0.15) is 0 Å². The van der Waals surface area contributed by atoms with Crippen molar-refractivity contribution in [3.8, 4) is 5.75 Å². The number of amides is 2. The Hall–Kier alpha value is -2.24. The zero-order chi connectivity index (χ0) is 15.9. The van der Waals surface area contributed by atoms with E-state index in [1.165, 1.54) is 0 Å². The second-order valence-corrected chi connectivity index (χ2v) is 5.14. The fraction of sp³-hybridized carbons (Fsp3) is 0.500. The summed E-state index contributed by atoms with van der Waals surface area (Å²) in [6.45, 7) is 2.51. The van der Waals surface area contributed by atoms with Gasteiger partial charge in [-0.25, -0.2) is 4.79 Å². The largest absolute Gasteiger partial charge is 0.497 e. The molecule has 120 valence electrons. The molecule has 2 amide bonds. The summed E-state index contributed by atoms with van der Waals surface area (Å²) in [6.07, 6.45) is 2.19. The third kappa shape index (κ3) is 4.65. The van der Waals surface area contributed by atoms with Gasteiger partial charge in [0, 0.05) is 18.3 Å². The average Bonchev–Trinajstić information content (AvgIpc) is 3.33. The van der Waals surface area contributed by atoms with Crippen molar-refractivity contribution in [3.05, 3.63) is 24.3 Å². The highest BCUT2D eigenvalue weighted by atomic mass is 16.5. The molecule has 0 aromatic heterocycles. The van der Waals surface area contributed by atoms with Gasteiger partial charge in [-0.15, -0.1) is 0 Å². The summed E-state index contributed by atoms with van der Waals surface area (Å²) in [5, 5.41) is 2.85. The first kappa shape index (κ1) is 16.1. The Balaban J connectivity index is 1.90. The number of esters is 1. The van der Waals surface area contributed by atoms with Crippen molar-refractivity contribution >= 4 is 17.7 Å². The standard InChI is InChI=1S/C16H22N2O4/c1-3-22-15(19)10-11-18(13-6-7-13)16(20)17-12-4-8-14(21-2)9-5-12/h4-5,8-9,13H,3,6-7,10-11H2,1-2H3,(H,17,20). The van der Waals surface area contributed by atoms with Crippen LogP contribution in [-0.2, 0) is 9.53 Å². The van der Waals surface area contributed by atoms with Crippen molar-refractivity contribution in [1.82, 2.24) is 4.90 Å². The summed E-state index contributed by atoms with van der Waals surface area (Å²) in [6, 6.07) is 7.19. The van der Waals surface area contributed by atoms with Crippen LogP contribution in [0.25, 0.3) is 0 Å².